The maximum Gasteiger partial charge on any atom is 0.325 e. The van der Waals surface area contributed by atoms with Gasteiger partial charge < -0.3 is 30.1 Å². The summed E-state index contributed by atoms with van der Waals surface area (Å²) in [6.07, 6.45) is -1.88. The summed E-state index contributed by atoms with van der Waals surface area (Å²) in [7, 11) is -4.08. The van der Waals surface area contributed by atoms with Crippen LogP contribution in [0.1, 0.15) is 31.1 Å². The molecule has 13 heteroatoms. The summed E-state index contributed by atoms with van der Waals surface area (Å²) in [6.45, 7) is 0.467. The van der Waals surface area contributed by atoms with Gasteiger partial charge in [-0.1, -0.05) is 48.9 Å². The van der Waals surface area contributed by atoms with Crippen LogP contribution in [-0.4, -0.2) is 64.0 Å². The first-order valence-corrected chi connectivity index (χ1v) is 14.1. The van der Waals surface area contributed by atoms with Crippen molar-refractivity contribution in [1.82, 2.24) is 19.5 Å². The first-order chi connectivity index (χ1) is 17.7. The number of nitrogens with zero attached hydrogens (tertiary/aromatic N) is 4. The van der Waals surface area contributed by atoms with Crippen LogP contribution in [0.3, 0.4) is 0 Å². The van der Waals surface area contributed by atoms with Crippen molar-refractivity contribution in [3.8, 4) is 0 Å². The number of fused-ring (bicyclic) bond motifs is 2. The molecule has 5 N–H and O–H groups in total. The van der Waals surface area contributed by atoms with Crippen molar-refractivity contribution < 1.29 is 29.3 Å². The third-order valence-corrected chi connectivity index (χ3v) is 7.59. The highest BCUT2D eigenvalue weighted by atomic mass is 35.5. The second-order valence-corrected chi connectivity index (χ2v) is 11.2. The molecule has 1 saturated heterocycles. The highest BCUT2D eigenvalue weighted by Gasteiger charge is 2.44. The molecule has 1 aliphatic rings. The van der Waals surface area contributed by atoms with Crippen molar-refractivity contribution in [2.24, 2.45) is 0 Å². The zero-order valence-electron chi connectivity index (χ0n) is 19.7. The summed E-state index contributed by atoms with van der Waals surface area (Å²) in [4.78, 5) is 31.1. The smallest absolute Gasteiger partial charge is 0.325 e. The van der Waals surface area contributed by atoms with Gasteiger partial charge in [-0.2, -0.15) is 9.97 Å². The lowest BCUT2D eigenvalue weighted by atomic mass is 10.0. The Morgan fingerprint density at radius 3 is 2.65 bits per heavy atom. The van der Waals surface area contributed by atoms with Crippen LogP contribution in [0.2, 0.25) is 5.28 Å². The van der Waals surface area contributed by atoms with Crippen LogP contribution in [-0.2, 0) is 15.8 Å². The third kappa shape index (κ3) is 5.63. The molecule has 1 aliphatic heterocycles. The van der Waals surface area contributed by atoms with Gasteiger partial charge in [0.15, 0.2) is 23.2 Å². The van der Waals surface area contributed by atoms with Crippen molar-refractivity contribution in [3.05, 3.63) is 59.6 Å². The minimum absolute atomic E-state index is 0.0170. The summed E-state index contributed by atoms with van der Waals surface area (Å²) >= 11 is 6.23. The Balaban J connectivity index is 1.34. The Kier molecular flexibility index (Phi) is 7.46. The van der Waals surface area contributed by atoms with E-state index in [4.69, 9.17) is 26.1 Å². The maximum atomic E-state index is 11.1. The molecule has 2 aromatic heterocycles. The van der Waals surface area contributed by atoms with E-state index in [1.165, 1.54) is 10.9 Å². The number of ether oxygens (including phenoxy) is 1. The molecule has 5 rings (SSSR count). The molecule has 4 atom stereocenters. The average molecular weight is 548 g/mol. The second kappa shape index (κ2) is 10.6. The number of hydrogen-bond donors (Lipinski definition) is 5. The van der Waals surface area contributed by atoms with E-state index in [0.29, 0.717) is 36.4 Å². The summed E-state index contributed by atoms with van der Waals surface area (Å²) in [5, 5.41) is 26.7. The number of hydrogen-bond acceptors (Lipinski definition) is 8. The zero-order valence-corrected chi connectivity index (χ0v) is 21.3. The molecule has 0 saturated carbocycles. The Morgan fingerprint density at radius 2 is 1.84 bits per heavy atom. The number of anilines is 1. The minimum Gasteiger partial charge on any atom is -0.388 e. The number of rotatable bonds is 9. The van der Waals surface area contributed by atoms with Gasteiger partial charge in [-0.3, -0.25) is 9.13 Å². The predicted molar refractivity (Wildman–Crippen MR) is 138 cm³/mol. The Hall–Kier alpha value is -2.63. The summed E-state index contributed by atoms with van der Waals surface area (Å²) in [5.41, 5.74) is 1.83. The van der Waals surface area contributed by atoms with Gasteiger partial charge in [-0.05, 0) is 40.8 Å². The Labute approximate surface area is 217 Å². The van der Waals surface area contributed by atoms with E-state index in [1.54, 1.807) is 0 Å². The third-order valence-electron chi connectivity index (χ3n) is 6.52. The highest BCUT2D eigenvalue weighted by molar-refractivity contribution is 7.51. The molecule has 4 aromatic rings. The molecule has 0 spiro atoms. The van der Waals surface area contributed by atoms with Crippen molar-refractivity contribution in [3.63, 3.8) is 0 Å². The van der Waals surface area contributed by atoms with E-state index < -0.39 is 32.1 Å². The van der Waals surface area contributed by atoms with Crippen molar-refractivity contribution in [1.29, 1.82) is 0 Å². The maximum absolute atomic E-state index is 11.1. The van der Waals surface area contributed by atoms with Gasteiger partial charge in [0.05, 0.1) is 12.4 Å². The largest absolute Gasteiger partial charge is 0.388 e. The van der Waals surface area contributed by atoms with E-state index in [1.807, 2.05) is 36.4 Å². The Bertz CT molecular complexity index is 1460. The number of aliphatic hydroxyl groups excluding tert-OH is 2. The fourth-order valence-corrected chi connectivity index (χ4v) is 5.49. The van der Waals surface area contributed by atoms with Crippen LogP contribution in [0.15, 0.2) is 48.8 Å². The molecular formula is C24H27ClN5O6P. The molecular weight excluding hydrogens is 521 g/mol. The fourth-order valence-electron chi connectivity index (χ4n) is 4.69. The quantitative estimate of drug-likeness (QED) is 0.119. The molecule has 0 radical (unpaired) electrons. The molecule has 11 nitrogen and oxygen atoms in total. The second-order valence-electron chi connectivity index (χ2n) is 9.09. The molecule has 2 aromatic carbocycles. The van der Waals surface area contributed by atoms with Crippen molar-refractivity contribution in [2.75, 3.05) is 11.5 Å². The average Bonchev–Trinajstić information content (AvgIpc) is 3.40. The number of aromatic nitrogens is 4. The molecule has 37 heavy (non-hydrogen) atoms. The van der Waals surface area contributed by atoms with E-state index in [2.05, 4.69) is 26.3 Å². The number of unbranched alkanes of at least 4 members (excludes halogenated alkanes) is 1. The SMILES string of the molecule is O=P(O)(O)CCCCC1OC(n2cnc3c(NCc4cccc5ccccc45)nc(Cl)nc32)C(O)C1O. The Morgan fingerprint density at radius 1 is 1.05 bits per heavy atom. The topological polar surface area (TPSA) is 163 Å². The van der Waals surface area contributed by atoms with Gasteiger partial charge in [0.25, 0.3) is 0 Å². The van der Waals surface area contributed by atoms with Gasteiger partial charge in [0, 0.05) is 12.7 Å². The summed E-state index contributed by atoms with van der Waals surface area (Å²) in [5.74, 6) is 0.420. The van der Waals surface area contributed by atoms with E-state index in [9.17, 15) is 14.8 Å². The lowest BCUT2D eigenvalue weighted by Crippen LogP contribution is -2.31. The molecule has 196 valence electrons. The normalized spacial score (nSPS) is 22.2. The standard InChI is InChI=1S/C24H27ClN5O6P/c25-24-28-21(26-12-15-8-5-7-14-6-1-2-9-16(14)15)18-22(29-24)30(13-27-18)23-20(32)19(31)17(36-23)10-3-4-11-37(33,34)35/h1-2,5-9,13,17,19-20,23,31-32H,3-4,10-12H2,(H,26,28,29)(H2,33,34,35). The number of imidazole rings is 1. The highest BCUT2D eigenvalue weighted by Crippen LogP contribution is 2.37. The van der Waals surface area contributed by atoms with Gasteiger partial charge in [-0.15, -0.1) is 0 Å². The van der Waals surface area contributed by atoms with E-state index >= 15 is 0 Å². The van der Waals surface area contributed by atoms with Crippen LogP contribution >= 0.6 is 19.2 Å². The first-order valence-electron chi connectivity index (χ1n) is 11.9. The lowest BCUT2D eigenvalue weighted by Gasteiger charge is -2.17. The van der Waals surface area contributed by atoms with Crippen LogP contribution in [0.25, 0.3) is 21.9 Å². The minimum atomic E-state index is -4.08. The summed E-state index contributed by atoms with van der Waals surface area (Å²) in [6, 6.07) is 14.1. The van der Waals surface area contributed by atoms with E-state index in [0.717, 1.165) is 16.3 Å². The van der Waals surface area contributed by atoms with Crippen LogP contribution in [0.5, 0.6) is 0 Å². The molecule has 0 amide bonds. The summed E-state index contributed by atoms with van der Waals surface area (Å²) < 4.78 is 18.5. The van der Waals surface area contributed by atoms with Gasteiger partial charge >= 0.3 is 7.60 Å². The first kappa shape index (κ1) is 26.0. The lowest BCUT2D eigenvalue weighted by molar-refractivity contribution is -0.0373. The van der Waals surface area contributed by atoms with Gasteiger partial charge in [0.1, 0.15) is 12.2 Å². The molecule has 0 aliphatic carbocycles. The van der Waals surface area contributed by atoms with Crippen molar-refractivity contribution in [2.45, 2.75) is 50.3 Å². The number of benzene rings is 2. The zero-order chi connectivity index (χ0) is 26.2. The van der Waals surface area contributed by atoms with Crippen LogP contribution < -0.4 is 5.32 Å². The van der Waals surface area contributed by atoms with Gasteiger partial charge in [0.2, 0.25) is 5.28 Å². The number of nitrogens with one attached hydrogen (secondary N) is 1. The molecule has 0 bridgehead atoms. The van der Waals surface area contributed by atoms with E-state index in [-0.39, 0.29) is 17.9 Å². The molecule has 1 fully saturated rings. The number of aliphatic hydroxyl groups is 2. The number of halogens is 1. The van der Waals surface area contributed by atoms with Crippen LogP contribution in [0, 0.1) is 0 Å². The predicted octanol–water partition coefficient (Wildman–Crippen LogP) is 3.21. The molecule has 3 heterocycles. The molecule has 4 unspecified atom stereocenters. The van der Waals surface area contributed by atoms with Crippen LogP contribution in [0.4, 0.5) is 5.82 Å². The monoisotopic (exact) mass is 547 g/mol. The van der Waals surface area contributed by atoms with Gasteiger partial charge in [-0.25, -0.2) is 4.98 Å². The fraction of sp³-hybridized carbons (Fsp3) is 0.375. The van der Waals surface area contributed by atoms with Crippen molar-refractivity contribution >= 4 is 47.0 Å².